The molecule has 0 aliphatic rings. The average molecular weight is 429 g/mol. The van der Waals surface area contributed by atoms with Gasteiger partial charge < -0.3 is 15.2 Å². The molecule has 126 valence electrons. The van der Waals surface area contributed by atoms with Gasteiger partial charge in [0.15, 0.2) is 11.8 Å². The van der Waals surface area contributed by atoms with Gasteiger partial charge in [0.1, 0.15) is 0 Å². The molecule has 2 aromatic rings. The van der Waals surface area contributed by atoms with E-state index in [0.29, 0.717) is 24.2 Å². The normalized spacial score (nSPS) is 11.7. The SMILES string of the molecule is CN=C(NCc1noc(C)n1)NCC(C)(C)c1ccccc1.I. The van der Waals surface area contributed by atoms with E-state index < -0.39 is 0 Å². The smallest absolute Gasteiger partial charge is 0.223 e. The maximum atomic E-state index is 4.94. The van der Waals surface area contributed by atoms with Crippen LogP contribution in [0.5, 0.6) is 0 Å². The van der Waals surface area contributed by atoms with Gasteiger partial charge in [-0.2, -0.15) is 4.98 Å². The van der Waals surface area contributed by atoms with Gasteiger partial charge in [0.2, 0.25) is 5.89 Å². The molecule has 2 rings (SSSR count). The predicted octanol–water partition coefficient (Wildman–Crippen LogP) is 2.64. The van der Waals surface area contributed by atoms with Crippen molar-refractivity contribution in [1.29, 1.82) is 0 Å². The topological polar surface area (TPSA) is 75.3 Å². The number of guanidine groups is 1. The highest BCUT2D eigenvalue weighted by Crippen LogP contribution is 2.21. The van der Waals surface area contributed by atoms with Crippen LogP contribution in [0.2, 0.25) is 0 Å². The molecular weight excluding hydrogens is 405 g/mol. The van der Waals surface area contributed by atoms with Crippen molar-refractivity contribution in [2.24, 2.45) is 4.99 Å². The highest BCUT2D eigenvalue weighted by Gasteiger charge is 2.20. The summed E-state index contributed by atoms with van der Waals surface area (Å²) in [5, 5.41) is 10.4. The Morgan fingerprint density at radius 1 is 1.22 bits per heavy atom. The molecule has 0 bridgehead atoms. The summed E-state index contributed by atoms with van der Waals surface area (Å²) in [5.74, 6) is 1.89. The highest BCUT2D eigenvalue weighted by molar-refractivity contribution is 14.0. The lowest BCUT2D eigenvalue weighted by molar-refractivity contribution is 0.386. The number of benzene rings is 1. The Balaban J connectivity index is 0.00000264. The van der Waals surface area contributed by atoms with E-state index in [1.54, 1.807) is 14.0 Å². The van der Waals surface area contributed by atoms with Crippen molar-refractivity contribution < 1.29 is 4.52 Å². The zero-order valence-corrected chi connectivity index (χ0v) is 16.3. The molecule has 0 saturated heterocycles. The van der Waals surface area contributed by atoms with Crippen LogP contribution in [0.15, 0.2) is 39.8 Å². The molecule has 1 aromatic carbocycles. The van der Waals surface area contributed by atoms with Gasteiger partial charge in [-0.1, -0.05) is 49.3 Å². The summed E-state index contributed by atoms with van der Waals surface area (Å²) in [5.41, 5.74) is 1.29. The molecule has 2 N–H and O–H groups in total. The first-order valence-corrected chi connectivity index (χ1v) is 7.30. The fourth-order valence-electron chi connectivity index (χ4n) is 2.09. The van der Waals surface area contributed by atoms with Gasteiger partial charge >= 0.3 is 0 Å². The van der Waals surface area contributed by atoms with Gasteiger partial charge in [-0.05, 0) is 5.56 Å². The van der Waals surface area contributed by atoms with Crippen LogP contribution < -0.4 is 10.6 Å². The molecule has 0 atom stereocenters. The molecule has 0 aliphatic carbocycles. The van der Waals surface area contributed by atoms with E-state index >= 15 is 0 Å². The zero-order valence-electron chi connectivity index (χ0n) is 14.0. The summed E-state index contributed by atoms with van der Waals surface area (Å²) < 4.78 is 4.94. The average Bonchev–Trinajstić information content (AvgIpc) is 2.94. The quantitative estimate of drug-likeness (QED) is 0.434. The maximum absolute atomic E-state index is 4.94. The Kier molecular flexibility index (Phi) is 7.47. The first-order chi connectivity index (χ1) is 10.5. The Morgan fingerprint density at radius 2 is 1.91 bits per heavy atom. The molecule has 6 nitrogen and oxygen atoms in total. The van der Waals surface area contributed by atoms with E-state index in [-0.39, 0.29) is 29.4 Å². The summed E-state index contributed by atoms with van der Waals surface area (Å²) in [7, 11) is 1.74. The summed E-state index contributed by atoms with van der Waals surface area (Å²) >= 11 is 0. The maximum Gasteiger partial charge on any atom is 0.223 e. The fraction of sp³-hybridized carbons (Fsp3) is 0.438. The summed E-state index contributed by atoms with van der Waals surface area (Å²) in [6.45, 7) is 7.41. The van der Waals surface area contributed by atoms with E-state index in [9.17, 15) is 0 Å². The Labute approximate surface area is 154 Å². The number of hydrogen-bond donors (Lipinski definition) is 2. The lowest BCUT2D eigenvalue weighted by Gasteiger charge is -2.26. The van der Waals surface area contributed by atoms with Gasteiger partial charge in [0, 0.05) is 25.9 Å². The molecule has 0 aliphatic heterocycles. The van der Waals surface area contributed by atoms with Crippen LogP contribution in [0.25, 0.3) is 0 Å². The minimum absolute atomic E-state index is 0. The second-order valence-electron chi connectivity index (χ2n) is 5.76. The third-order valence-electron chi connectivity index (χ3n) is 3.46. The Morgan fingerprint density at radius 3 is 2.48 bits per heavy atom. The number of nitrogens with one attached hydrogen (secondary N) is 2. The first kappa shape index (κ1) is 19.4. The van der Waals surface area contributed by atoms with E-state index in [4.69, 9.17) is 4.52 Å². The summed E-state index contributed by atoms with van der Waals surface area (Å²) in [6, 6.07) is 10.4. The number of nitrogens with zero attached hydrogens (tertiary/aromatic N) is 3. The second kappa shape index (κ2) is 8.85. The van der Waals surface area contributed by atoms with Crippen LogP contribution in [0.3, 0.4) is 0 Å². The van der Waals surface area contributed by atoms with Crippen LogP contribution in [-0.2, 0) is 12.0 Å². The van der Waals surface area contributed by atoms with Crippen LogP contribution in [0.1, 0.15) is 31.1 Å². The zero-order chi connectivity index (χ0) is 16.0. The van der Waals surface area contributed by atoms with Gasteiger partial charge in [0.25, 0.3) is 0 Å². The van der Waals surface area contributed by atoms with Crippen LogP contribution >= 0.6 is 24.0 Å². The van der Waals surface area contributed by atoms with Crippen molar-refractivity contribution in [3.63, 3.8) is 0 Å². The van der Waals surface area contributed by atoms with E-state index in [2.05, 4.69) is 63.9 Å². The van der Waals surface area contributed by atoms with Crippen LogP contribution in [0, 0.1) is 6.92 Å². The van der Waals surface area contributed by atoms with Crippen molar-refractivity contribution in [2.45, 2.75) is 32.7 Å². The third kappa shape index (κ3) is 5.81. The second-order valence-corrected chi connectivity index (χ2v) is 5.76. The van der Waals surface area contributed by atoms with Crippen molar-refractivity contribution >= 4 is 29.9 Å². The van der Waals surface area contributed by atoms with Crippen molar-refractivity contribution in [2.75, 3.05) is 13.6 Å². The lowest BCUT2D eigenvalue weighted by atomic mass is 9.85. The van der Waals surface area contributed by atoms with Gasteiger partial charge in [-0.3, -0.25) is 4.99 Å². The predicted molar refractivity (Wildman–Crippen MR) is 102 cm³/mol. The van der Waals surface area contributed by atoms with E-state index in [1.165, 1.54) is 5.56 Å². The first-order valence-electron chi connectivity index (χ1n) is 7.30. The molecule has 0 radical (unpaired) electrons. The van der Waals surface area contributed by atoms with Crippen LogP contribution in [-0.4, -0.2) is 29.7 Å². The molecule has 7 heteroatoms. The molecule has 1 heterocycles. The number of rotatable bonds is 5. The van der Waals surface area contributed by atoms with E-state index in [1.807, 2.05) is 6.07 Å². The lowest BCUT2D eigenvalue weighted by Crippen LogP contribution is -2.43. The van der Waals surface area contributed by atoms with Crippen molar-refractivity contribution in [1.82, 2.24) is 20.8 Å². The summed E-state index contributed by atoms with van der Waals surface area (Å²) in [4.78, 5) is 8.37. The number of aromatic nitrogens is 2. The number of aryl methyl sites for hydroxylation is 1. The standard InChI is InChI=1S/C16H23N5O.HI/c1-12-20-14(21-22-12)10-18-15(17-4)19-11-16(2,3)13-8-6-5-7-9-13;/h5-9H,10-11H2,1-4H3,(H2,17,18,19);1H. The number of hydrogen-bond acceptors (Lipinski definition) is 4. The molecule has 0 saturated carbocycles. The Bertz CT molecular complexity index is 624. The number of halogens is 1. The third-order valence-corrected chi connectivity index (χ3v) is 3.46. The number of aliphatic imine (C=N–C) groups is 1. The largest absolute Gasteiger partial charge is 0.356 e. The summed E-state index contributed by atoms with van der Waals surface area (Å²) in [6.07, 6.45) is 0. The molecule has 0 amide bonds. The molecule has 1 aromatic heterocycles. The minimum atomic E-state index is 0. The molecule has 0 unspecified atom stereocenters. The van der Waals surface area contributed by atoms with Crippen molar-refractivity contribution in [3.8, 4) is 0 Å². The van der Waals surface area contributed by atoms with Crippen molar-refractivity contribution in [3.05, 3.63) is 47.6 Å². The van der Waals surface area contributed by atoms with Gasteiger partial charge in [0.05, 0.1) is 6.54 Å². The van der Waals surface area contributed by atoms with E-state index in [0.717, 1.165) is 6.54 Å². The molecule has 0 fully saturated rings. The highest BCUT2D eigenvalue weighted by atomic mass is 127. The van der Waals surface area contributed by atoms with Gasteiger partial charge in [-0.15, -0.1) is 24.0 Å². The van der Waals surface area contributed by atoms with Crippen LogP contribution in [0.4, 0.5) is 0 Å². The molecular formula is C16H24IN5O. The fourth-order valence-corrected chi connectivity index (χ4v) is 2.09. The van der Waals surface area contributed by atoms with Gasteiger partial charge in [-0.25, -0.2) is 0 Å². The molecule has 23 heavy (non-hydrogen) atoms. The monoisotopic (exact) mass is 429 g/mol. The molecule has 0 spiro atoms. The Hall–Kier alpha value is -1.64. The minimum Gasteiger partial charge on any atom is -0.356 e.